The molecule has 10 rings (SSSR count). The first-order valence-corrected chi connectivity index (χ1v) is 14.2. The quantitative estimate of drug-likeness (QED) is 0.220. The molecule has 0 amide bonds. The van der Waals surface area contributed by atoms with Gasteiger partial charge >= 0.3 is 0 Å². The highest BCUT2D eigenvalue weighted by molar-refractivity contribution is 6.13. The lowest BCUT2D eigenvalue weighted by Crippen LogP contribution is -1.96. The van der Waals surface area contributed by atoms with Crippen molar-refractivity contribution in [3.05, 3.63) is 133 Å². The Bertz CT molecular complexity index is 2650. The predicted molar refractivity (Wildman–Crippen MR) is 171 cm³/mol. The van der Waals surface area contributed by atoms with E-state index in [0.29, 0.717) is 0 Å². The number of nitrogens with zero attached hydrogens (tertiary/aromatic N) is 4. The van der Waals surface area contributed by atoms with Gasteiger partial charge in [-0.25, -0.2) is 4.98 Å². The maximum absolute atomic E-state index is 6.47. The number of aromatic nitrogens is 4. The van der Waals surface area contributed by atoms with Gasteiger partial charge in [0, 0.05) is 21.8 Å². The van der Waals surface area contributed by atoms with Crippen LogP contribution in [0.15, 0.2) is 138 Å². The molecule has 196 valence electrons. The summed E-state index contributed by atoms with van der Waals surface area (Å²) in [6.45, 7) is 0. The summed E-state index contributed by atoms with van der Waals surface area (Å²) < 4.78 is 13.4. The van der Waals surface area contributed by atoms with Crippen molar-refractivity contribution >= 4 is 71.6 Å². The van der Waals surface area contributed by atoms with Crippen molar-refractivity contribution < 1.29 is 4.42 Å². The Labute approximate surface area is 239 Å². The van der Waals surface area contributed by atoms with Crippen LogP contribution in [0.1, 0.15) is 0 Å². The van der Waals surface area contributed by atoms with E-state index >= 15 is 0 Å². The summed E-state index contributed by atoms with van der Waals surface area (Å²) in [6.07, 6.45) is 0. The Hall–Kier alpha value is -5.81. The van der Waals surface area contributed by atoms with Gasteiger partial charge in [-0.2, -0.15) is 0 Å². The highest BCUT2D eigenvalue weighted by Crippen LogP contribution is 2.39. The molecule has 0 aliphatic carbocycles. The number of hydrogen-bond donors (Lipinski definition) is 0. The fraction of sp³-hybridized carbons (Fsp3) is 0. The number of imidazole rings is 2. The molecule has 0 fully saturated rings. The summed E-state index contributed by atoms with van der Waals surface area (Å²) in [5.41, 5.74) is 10.5. The third-order valence-electron chi connectivity index (χ3n) is 8.64. The van der Waals surface area contributed by atoms with Gasteiger partial charge in [-0.1, -0.05) is 66.7 Å². The van der Waals surface area contributed by atoms with Gasteiger partial charge < -0.3 is 8.98 Å². The molecule has 0 radical (unpaired) electrons. The summed E-state index contributed by atoms with van der Waals surface area (Å²) >= 11 is 0. The number of furan rings is 1. The zero-order valence-corrected chi connectivity index (χ0v) is 22.4. The van der Waals surface area contributed by atoms with Crippen molar-refractivity contribution in [2.24, 2.45) is 0 Å². The van der Waals surface area contributed by atoms with E-state index in [1.165, 1.54) is 21.8 Å². The van der Waals surface area contributed by atoms with Crippen molar-refractivity contribution in [1.29, 1.82) is 0 Å². The maximum atomic E-state index is 6.47. The first-order chi connectivity index (χ1) is 20.8. The molecule has 0 aliphatic heterocycles. The Morgan fingerprint density at radius 1 is 0.476 bits per heavy atom. The van der Waals surface area contributed by atoms with E-state index < -0.39 is 0 Å². The van der Waals surface area contributed by atoms with Crippen LogP contribution in [0.5, 0.6) is 0 Å². The number of hydrogen-bond acceptors (Lipinski definition) is 2. The van der Waals surface area contributed by atoms with Gasteiger partial charge in [0.1, 0.15) is 11.2 Å². The minimum atomic E-state index is 0.855. The van der Waals surface area contributed by atoms with E-state index in [1.54, 1.807) is 0 Å². The largest absolute Gasteiger partial charge is 0.456 e. The molecule has 4 aromatic heterocycles. The Morgan fingerprint density at radius 2 is 1.14 bits per heavy atom. The zero-order chi connectivity index (χ0) is 27.4. The Balaban J connectivity index is 1.33. The number of rotatable bonds is 2. The highest BCUT2D eigenvalue weighted by atomic mass is 16.3. The molecule has 0 aliphatic rings. The van der Waals surface area contributed by atoms with Crippen LogP contribution in [0.3, 0.4) is 0 Å². The third-order valence-corrected chi connectivity index (χ3v) is 8.64. The molecular weight excluding hydrogens is 516 g/mol. The number of benzene rings is 6. The van der Waals surface area contributed by atoms with E-state index in [9.17, 15) is 0 Å². The molecule has 4 heterocycles. The summed E-state index contributed by atoms with van der Waals surface area (Å²) in [7, 11) is 0. The lowest BCUT2D eigenvalue weighted by Gasteiger charge is -2.09. The topological polar surface area (TPSA) is 40.3 Å². The van der Waals surface area contributed by atoms with Crippen LogP contribution < -0.4 is 0 Å². The van der Waals surface area contributed by atoms with Gasteiger partial charge in [-0.05, 0) is 66.7 Å². The zero-order valence-electron chi connectivity index (χ0n) is 22.4. The first kappa shape index (κ1) is 21.9. The second-order valence-electron chi connectivity index (χ2n) is 10.9. The maximum Gasteiger partial charge on any atom is 0.220 e. The van der Waals surface area contributed by atoms with Crippen LogP contribution in [-0.4, -0.2) is 18.5 Å². The fourth-order valence-corrected chi connectivity index (χ4v) is 6.91. The number of para-hydroxylation sites is 6. The molecule has 0 bridgehead atoms. The molecule has 42 heavy (non-hydrogen) atoms. The van der Waals surface area contributed by atoms with Crippen molar-refractivity contribution in [3.63, 3.8) is 0 Å². The van der Waals surface area contributed by atoms with Crippen molar-refractivity contribution in [3.8, 4) is 11.4 Å². The van der Waals surface area contributed by atoms with Crippen LogP contribution in [0.2, 0.25) is 0 Å². The lowest BCUT2D eigenvalue weighted by molar-refractivity contribution is 0.669. The molecule has 6 aromatic carbocycles. The van der Waals surface area contributed by atoms with Crippen molar-refractivity contribution in [2.75, 3.05) is 0 Å². The average Bonchev–Trinajstić information content (AvgIpc) is 3.77. The molecular formula is C37H22N4O. The Kier molecular flexibility index (Phi) is 4.12. The molecule has 0 unspecified atom stereocenters. The smallest absolute Gasteiger partial charge is 0.220 e. The SMILES string of the molecule is c1ccc2c(c1)nc1n(-c3cccc4oc5ccc(-n6c7ccccc7c7ccccc76)cc5c34)c3ccccc3n21. The summed E-state index contributed by atoms with van der Waals surface area (Å²) in [5, 5.41) is 4.65. The predicted octanol–water partition coefficient (Wildman–Crippen LogP) is 9.43. The second kappa shape index (κ2) is 7.89. The lowest BCUT2D eigenvalue weighted by atomic mass is 10.1. The molecule has 0 spiro atoms. The van der Waals surface area contributed by atoms with Gasteiger partial charge in [0.25, 0.3) is 0 Å². The molecule has 0 N–H and O–H groups in total. The van der Waals surface area contributed by atoms with E-state index in [-0.39, 0.29) is 0 Å². The average molecular weight is 539 g/mol. The van der Waals surface area contributed by atoms with Crippen molar-refractivity contribution in [1.82, 2.24) is 18.5 Å². The van der Waals surface area contributed by atoms with Gasteiger partial charge in [-0.15, -0.1) is 0 Å². The van der Waals surface area contributed by atoms with Crippen LogP contribution in [0.4, 0.5) is 0 Å². The van der Waals surface area contributed by atoms with Gasteiger partial charge in [0.05, 0.1) is 44.2 Å². The monoisotopic (exact) mass is 538 g/mol. The Morgan fingerprint density at radius 3 is 1.93 bits per heavy atom. The molecule has 0 saturated carbocycles. The molecule has 5 nitrogen and oxygen atoms in total. The van der Waals surface area contributed by atoms with E-state index in [1.807, 2.05) is 6.07 Å². The summed E-state index contributed by atoms with van der Waals surface area (Å²) in [6, 6.07) is 46.9. The normalized spacial score (nSPS) is 12.3. The molecule has 5 heteroatoms. The van der Waals surface area contributed by atoms with Crippen LogP contribution in [-0.2, 0) is 0 Å². The fourth-order valence-electron chi connectivity index (χ4n) is 6.91. The molecule has 0 saturated heterocycles. The van der Waals surface area contributed by atoms with Gasteiger partial charge in [0.2, 0.25) is 5.78 Å². The number of fused-ring (bicyclic) bond motifs is 11. The first-order valence-electron chi connectivity index (χ1n) is 14.2. The van der Waals surface area contributed by atoms with Gasteiger partial charge in [-0.3, -0.25) is 8.97 Å². The summed E-state index contributed by atoms with van der Waals surface area (Å²) in [4.78, 5) is 5.12. The minimum absolute atomic E-state index is 0.855. The van der Waals surface area contributed by atoms with Gasteiger partial charge in [0.15, 0.2) is 0 Å². The van der Waals surface area contributed by atoms with Crippen molar-refractivity contribution in [2.45, 2.75) is 0 Å². The molecule has 10 aromatic rings. The van der Waals surface area contributed by atoms with Crippen LogP contribution in [0, 0.1) is 0 Å². The highest BCUT2D eigenvalue weighted by Gasteiger charge is 2.21. The van der Waals surface area contributed by atoms with Crippen LogP contribution >= 0.6 is 0 Å². The standard InChI is InChI=1S/C37H22N4O/c1-4-13-28-24(10-1)25-11-2-5-14-29(25)39(28)23-20-21-34-26(22-23)36-33(18-9-19-35(36)42-34)41-32-17-8-7-16-31(32)40-30-15-6-3-12-27(30)38-37(40)41/h1-22H. The third kappa shape index (κ3) is 2.74. The van der Waals surface area contributed by atoms with E-state index in [0.717, 1.165) is 61.2 Å². The summed E-state index contributed by atoms with van der Waals surface area (Å²) in [5.74, 6) is 0.887. The van der Waals surface area contributed by atoms with E-state index in [2.05, 4.69) is 141 Å². The van der Waals surface area contributed by atoms with Crippen LogP contribution in [0.25, 0.3) is 83.0 Å². The molecule has 0 atom stereocenters. The second-order valence-corrected chi connectivity index (χ2v) is 10.9. The van der Waals surface area contributed by atoms with E-state index in [4.69, 9.17) is 9.40 Å². The minimum Gasteiger partial charge on any atom is -0.456 e.